The first-order chi connectivity index (χ1) is 7.09. The van der Waals surface area contributed by atoms with E-state index in [1.807, 2.05) is 19.9 Å². The Bertz CT molecular complexity index is 417. The van der Waals surface area contributed by atoms with E-state index < -0.39 is 0 Å². The van der Waals surface area contributed by atoms with E-state index in [1.54, 1.807) is 6.07 Å². The molecule has 0 fully saturated rings. The Morgan fingerprint density at radius 1 is 1.53 bits per heavy atom. The van der Waals surface area contributed by atoms with Gasteiger partial charge in [-0.05, 0) is 18.6 Å². The van der Waals surface area contributed by atoms with Gasteiger partial charge in [-0.3, -0.25) is 4.79 Å². The Balaban J connectivity index is 2.51. The molecule has 2 rings (SSSR count). The molecule has 0 bridgehead atoms. The Hall–Kier alpha value is -1.22. The normalized spacial score (nSPS) is 19.9. The third-order valence-electron chi connectivity index (χ3n) is 2.49. The van der Waals surface area contributed by atoms with Gasteiger partial charge in [0.25, 0.3) is 0 Å². The molecule has 0 saturated carbocycles. The maximum Gasteiger partial charge on any atom is 0.230 e. The monoisotopic (exact) mass is 225 g/mol. The fraction of sp³-hybridized carbons (Fsp3) is 0.364. The zero-order valence-corrected chi connectivity index (χ0v) is 9.39. The van der Waals surface area contributed by atoms with E-state index in [1.165, 1.54) is 0 Å². The van der Waals surface area contributed by atoms with Crippen LogP contribution in [0.25, 0.3) is 0 Å². The van der Waals surface area contributed by atoms with Crippen LogP contribution in [0.15, 0.2) is 12.1 Å². The number of anilines is 1. The summed E-state index contributed by atoms with van der Waals surface area (Å²) in [6.45, 7) is 4.10. The maximum absolute atomic E-state index is 11.6. The molecule has 0 aromatic heterocycles. The van der Waals surface area contributed by atoms with E-state index in [2.05, 4.69) is 5.32 Å². The molecule has 1 atom stereocenters. The van der Waals surface area contributed by atoms with Crippen molar-refractivity contribution in [1.82, 2.24) is 0 Å². The van der Waals surface area contributed by atoms with Gasteiger partial charge in [0, 0.05) is 0 Å². The van der Waals surface area contributed by atoms with E-state index >= 15 is 0 Å². The summed E-state index contributed by atoms with van der Waals surface area (Å²) in [5.41, 5.74) is 1.65. The number of amides is 1. The van der Waals surface area contributed by atoms with E-state index in [0.717, 1.165) is 5.56 Å². The molecule has 0 spiro atoms. The number of halogens is 1. The molecule has 15 heavy (non-hydrogen) atoms. The van der Waals surface area contributed by atoms with Crippen LogP contribution >= 0.6 is 11.6 Å². The number of hydrogen-bond acceptors (Lipinski definition) is 2. The van der Waals surface area contributed by atoms with Gasteiger partial charge in [0.2, 0.25) is 5.91 Å². The van der Waals surface area contributed by atoms with E-state index in [0.29, 0.717) is 23.1 Å². The van der Waals surface area contributed by atoms with Crippen molar-refractivity contribution in [2.75, 3.05) is 11.9 Å². The average molecular weight is 226 g/mol. The zero-order chi connectivity index (χ0) is 11.0. The maximum atomic E-state index is 11.6. The summed E-state index contributed by atoms with van der Waals surface area (Å²) in [4.78, 5) is 11.6. The van der Waals surface area contributed by atoms with Crippen molar-refractivity contribution in [2.24, 2.45) is 5.92 Å². The lowest BCUT2D eigenvalue weighted by molar-refractivity contribution is -0.119. The average Bonchev–Trinajstić information content (AvgIpc) is 2.35. The van der Waals surface area contributed by atoms with E-state index in [9.17, 15) is 4.79 Å². The Kier molecular flexibility index (Phi) is 2.57. The van der Waals surface area contributed by atoms with Crippen molar-refractivity contribution in [3.8, 4) is 5.75 Å². The van der Waals surface area contributed by atoms with Crippen LogP contribution < -0.4 is 10.1 Å². The predicted molar refractivity (Wildman–Crippen MR) is 59.5 cm³/mol. The molecule has 80 valence electrons. The van der Waals surface area contributed by atoms with Gasteiger partial charge in [-0.2, -0.15) is 0 Å². The summed E-state index contributed by atoms with van der Waals surface area (Å²) in [5, 5.41) is 3.37. The largest absolute Gasteiger partial charge is 0.489 e. The molecule has 0 radical (unpaired) electrons. The fourth-order valence-corrected chi connectivity index (χ4v) is 1.69. The minimum Gasteiger partial charge on any atom is -0.489 e. The summed E-state index contributed by atoms with van der Waals surface area (Å²) in [7, 11) is 0. The second-order valence-corrected chi connectivity index (χ2v) is 4.18. The minimum atomic E-state index is -0.159. The minimum absolute atomic E-state index is 0.0286. The third kappa shape index (κ3) is 1.79. The highest BCUT2D eigenvalue weighted by molar-refractivity contribution is 6.32. The topological polar surface area (TPSA) is 38.3 Å². The number of ether oxygens (including phenoxy) is 1. The number of rotatable bonds is 0. The summed E-state index contributed by atoms with van der Waals surface area (Å²) in [5.74, 6) is 0.390. The van der Waals surface area contributed by atoms with Gasteiger partial charge < -0.3 is 10.1 Å². The van der Waals surface area contributed by atoms with Gasteiger partial charge in [-0.15, -0.1) is 0 Å². The first kappa shape index (κ1) is 10.3. The third-order valence-corrected chi connectivity index (χ3v) is 2.79. The molecule has 4 heteroatoms. The number of aryl methyl sites for hydroxylation is 1. The molecular formula is C11H12ClNO2. The lowest BCUT2D eigenvalue weighted by Crippen LogP contribution is -2.22. The smallest absolute Gasteiger partial charge is 0.230 e. The molecule has 3 nitrogen and oxygen atoms in total. The van der Waals surface area contributed by atoms with Gasteiger partial charge in [0.05, 0.1) is 23.2 Å². The van der Waals surface area contributed by atoms with Crippen molar-refractivity contribution in [2.45, 2.75) is 13.8 Å². The van der Waals surface area contributed by atoms with Gasteiger partial charge in [0.15, 0.2) is 5.75 Å². The molecule has 1 N–H and O–H groups in total. The van der Waals surface area contributed by atoms with Gasteiger partial charge in [-0.25, -0.2) is 0 Å². The Labute approximate surface area is 93.4 Å². The summed E-state index contributed by atoms with van der Waals surface area (Å²) >= 11 is 6.01. The zero-order valence-electron chi connectivity index (χ0n) is 8.63. The number of fused-ring (bicyclic) bond motifs is 1. The lowest BCUT2D eigenvalue weighted by atomic mass is 10.1. The van der Waals surface area contributed by atoms with E-state index in [4.69, 9.17) is 16.3 Å². The number of carbonyl (C=O) groups excluding carboxylic acids is 1. The predicted octanol–water partition coefficient (Wildman–Crippen LogP) is 2.62. The second-order valence-electron chi connectivity index (χ2n) is 3.77. The van der Waals surface area contributed by atoms with Gasteiger partial charge >= 0.3 is 0 Å². The number of nitrogens with one attached hydrogen (secondary N) is 1. The summed E-state index contributed by atoms with van der Waals surface area (Å²) < 4.78 is 5.53. The first-order valence-corrected chi connectivity index (χ1v) is 5.20. The second kappa shape index (κ2) is 3.74. The SMILES string of the molecule is Cc1ccc(Cl)c2c1NC(=O)C(C)CO2. The van der Waals surface area contributed by atoms with Crippen LogP contribution in [0.3, 0.4) is 0 Å². The van der Waals surface area contributed by atoms with E-state index in [-0.39, 0.29) is 11.8 Å². The van der Waals surface area contributed by atoms with Crippen molar-refractivity contribution < 1.29 is 9.53 Å². The highest BCUT2D eigenvalue weighted by atomic mass is 35.5. The van der Waals surface area contributed by atoms with Gasteiger partial charge in [-0.1, -0.05) is 24.6 Å². The summed E-state index contributed by atoms with van der Waals surface area (Å²) in [6, 6.07) is 3.64. The van der Waals surface area contributed by atoms with Crippen LogP contribution in [0.2, 0.25) is 5.02 Å². The fourth-order valence-electron chi connectivity index (χ4n) is 1.48. The van der Waals surface area contributed by atoms with Crippen LogP contribution in [0, 0.1) is 12.8 Å². The molecule has 0 saturated heterocycles. The lowest BCUT2D eigenvalue weighted by Gasteiger charge is -2.11. The molecule has 1 amide bonds. The molecule has 1 aromatic rings. The first-order valence-electron chi connectivity index (χ1n) is 4.82. The highest BCUT2D eigenvalue weighted by Gasteiger charge is 2.23. The molecule has 1 heterocycles. The van der Waals surface area contributed by atoms with Crippen LogP contribution in [0.4, 0.5) is 5.69 Å². The molecular weight excluding hydrogens is 214 g/mol. The van der Waals surface area contributed by atoms with Crippen molar-refractivity contribution >= 4 is 23.2 Å². The molecule has 1 unspecified atom stereocenters. The highest BCUT2D eigenvalue weighted by Crippen LogP contribution is 2.37. The number of benzene rings is 1. The van der Waals surface area contributed by atoms with Gasteiger partial charge in [0.1, 0.15) is 0 Å². The van der Waals surface area contributed by atoms with Crippen LogP contribution in [0.1, 0.15) is 12.5 Å². The van der Waals surface area contributed by atoms with Crippen molar-refractivity contribution in [3.05, 3.63) is 22.7 Å². The number of hydrogen-bond donors (Lipinski definition) is 1. The molecule has 1 aliphatic heterocycles. The molecule has 1 aromatic carbocycles. The summed E-state index contributed by atoms with van der Waals surface area (Å²) in [6.07, 6.45) is 0. The quantitative estimate of drug-likeness (QED) is 0.737. The van der Waals surface area contributed by atoms with Crippen molar-refractivity contribution in [1.29, 1.82) is 0 Å². The van der Waals surface area contributed by atoms with Crippen LogP contribution in [-0.2, 0) is 4.79 Å². The molecule has 1 aliphatic rings. The number of carbonyl (C=O) groups is 1. The standard InChI is InChI=1S/C11H12ClNO2/c1-6-3-4-8(12)10-9(6)13-11(14)7(2)5-15-10/h3-4,7H,5H2,1-2H3,(H,13,14). The van der Waals surface area contributed by atoms with Crippen LogP contribution in [-0.4, -0.2) is 12.5 Å². The molecule has 0 aliphatic carbocycles. The van der Waals surface area contributed by atoms with Crippen LogP contribution in [0.5, 0.6) is 5.75 Å². The van der Waals surface area contributed by atoms with Crippen molar-refractivity contribution in [3.63, 3.8) is 0 Å². The Morgan fingerprint density at radius 2 is 2.27 bits per heavy atom. The Morgan fingerprint density at radius 3 is 3.00 bits per heavy atom.